The summed E-state index contributed by atoms with van der Waals surface area (Å²) in [5.74, 6) is 0.778. The fraction of sp³-hybridized carbons (Fsp3) is 0.350. The Hall–Kier alpha value is -1.95. The predicted octanol–water partition coefficient (Wildman–Crippen LogP) is 4.15. The van der Waals surface area contributed by atoms with E-state index in [9.17, 15) is 4.79 Å². The highest BCUT2D eigenvalue weighted by Gasteiger charge is 2.26. The molecule has 1 N–H and O–H groups in total. The Morgan fingerprint density at radius 1 is 1.07 bits per heavy atom. The summed E-state index contributed by atoms with van der Waals surface area (Å²) in [4.78, 5) is 17.1. The van der Waals surface area contributed by atoms with Crippen LogP contribution in [0.3, 0.4) is 0 Å². The third-order valence-electron chi connectivity index (χ3n) is 4.87. The number of piperazine rings is 1. The predicted molar refractivity (Wildman–Crippen MR) is 111 cm³/mol. The van der Waals surface area contributed by atoms with E-state index in [1.165, 1.54) is 5.69 Å². The van der Waals surface area contributed by atoms with Gasteiger partial charge in [0.15, 0.2) is 0 Å². The van der Waals surface area contributed by atoms with Gasteiger partial charge in [-0.3, -0.25) is 9.69 Å². The number of nitrogens with one attached hydrogen (secondary N) is 1. The first-order valence-electron chi connectivity index (χ1n) is 8.87. The van der Waals surface area contributed by atoms with Crippen molar-refractivity contribution >= 4 is 40.5 Å². The van der Waals surface area contributed by atoms with E-state index >= 15 is 0 Å². The number of ether oxygens (including phenoxy) is 1. The molecule has 0 radical (unpaired) electrons. The van der Waals surface area contributed by atoms with Gasteiger partial charge < -0.3 is 15.0 Å². The second-order valence-electron chi connectivity index (χ2n) is 6.51. The lowest BCUT2D eigenvalue weighted by atomic mass is 10.2. The number of hydrogen-bond donors (Lipinski definition) is 1. The van der Waals surface area contributed by atoms with Crippen molar-refractivity contribution in [3.05, 3.63) is 52.5 Å². The Labute approximate surface area is 169 Å². The molecule has 1 unspecified atom stereocenters. The quantitative estimate of drug-likeness (QED) is 0.808. The summed E-state index contributed by atoms with van der Waals surface area (Å²) in [6, 6.07) is 12.9. The van der Waals surface area contributed by atoms with Crippen LogP contribution < -0.4 is 15.0 Å². The standard InChI is InChI=1S/C20H23Cl2N3O2/c1-14(20(26)23-19-8-3-15(21)13-18(19)22)24-9-11-25(12-10-24)16-4-6-17(27-2)7-5-16/h3-8,13-14H,9-12H2,1-2H3,(H,23,26). The SMILES string of the molecule is COc1ccc(N2CCN(C(C)C(=O)Nc3ccc(Cl)cc3Cl)CC2)cc1. The average Bonchev–Trinajstić information content (AvgIpc) is 2.69. The molecule has 1 aliphatic heterocycles. The zero-order chi connectivity index (χ0) is 19.4. The van der Waals surface area contributed by atoms with Gasteiger partial charge in [0.05, 0.1) is 23.9 Å². The summed E-state index contributed by atoms with van der Waals surface area (Å²) in [6.07, 6.45) is 0. The summed E-state index contributed by atoms with van der Waals surface area (Å²) in [5.41, 5.74) is 1.75. The maximum Gasteiger partial charge on any atom is 0.241 e. The van der Waals surface area contributed by atoms with Crippen LogP contribution in [-0.4, -0.2) is 50.1 Å². The lowest BCUT2D eigenvalue weighted by molar-refractivity contribution is -0.120. The maximum atomic E-state index is 12.6. The number of hydrogen-bond acceptors (Lipinski definition) is 4. The van der Waals surface area contributed by atoms with Crippen LogP contribution in [0.1, 0.15) is 6.92 Å². The molecule has 1 aliphatic rings. The maximum absolute atomic E-state index is 12.6. The van der Waals surface area contributed by atoms with Crippen LogP contribution in [0.15, 0.2) is 42.5 Å². The summed E-state index contributed by atoms with van der Waals surface area (Å²) < 4.78 is 5.21. The molecule has 1 saturated heterocycles. The normalized spacial score (nSPS) is 16.1. The highest BCUT2D eigenvalue weighted by molar-refractivity contribution is 6.36. The van der Waals surface area contributed by atoms with Gasteiger partial charge in [-0.05, 0) is 49.4 Å². The smallest absolute Gasteiger partial charge is 0.241 e. The topological polar surface area (TPSA) is 44.8 Å². The average molecular weight is 408 g/mol. The molecule has 2 aromatic rings. The lowest BCUT2D eigenvalue weighted by Gasteiger charge is -2.38. The molecule has 0 aliphatic carbocycles. The molecule has 1 amide bonds. The number of rotatable bonds is 5. The molecule has 0 spiro atoms. The first-order chi connectivity index (χ1) is 13.0. The summed E-state index contributed by atoms with van der Waals surface area (Å²) in [7, 11) is 1.66. The molecule has 2 aromatic carbocycles. The number of benzene rings is 2. The Bertz CT molecular complexity index is 790. The molecule has 0 bridgehead atoms. The van der Waals surface area contributed by atoms with Crippen molar-refractivity contribution < 1.29 is 9.53 Å². The third-order valence-corrected chi connectivity index (χ3v) is 5.42. The summed E-state index contributed by atoms with van der Waals surface area (Å²) >= 11 is 12.0. The first-order valence-corrected chi connectivity index (χ1v) is 9.62. The molecular weight excluding hydrogens is 385 g/mol. The molecule has 144 valence electrons. The van der Waals surface area contributed by atoms with E-state index in [-0.39, 0.29) is 11.9 Å². The number of carbonyl (C=O) groups is 1. The Kier molecular flexibility index (Phi) is 6.47. The number of methoxy groups -OCH3 is 1. The fourth-order valence-corrected chi connectivity index (χ4v) is 3.61. The third kappa shape index (κ3) is 4.86. The van der Waals surface area contributed by atoms with Crippen molar-refractivity contribution in [3.8, 4) is 5.75 Å². The molecule has 5 nitrogen and oxygen atoms in total. The minimum atomic E-state index is -0.241. The van der Waals surface area contributed by atoms with Gasteiger partial charge >= 0.3 is 0 Å². The summed E-state index contributed by atoms with van der Waals surface area (Å²) in [6.45, 7) is 5.28. The second-order valence-corrected chi connectivity index (χ2v) is 7.35. The Morgan fingerprint density at radius 3 is 2.33 bits per heavy atom. The Morgan fingerprint density at radius 2 is 1.74 bits per heavy atom. The van der Waals surface area contributed by atoms with Crippen molar-refractivity contribution in [3.63, 3.8) is 0 Å². The highest BCUT2D eigenvalue weighted by atomic mass is 35.5. The number of amides is 1. The van der Waals surface area contributed by atoms with Crippen molar-refractivity contribution in [2.24, 2.45) is 0 Å². The largest absolute Gasteiger partial charge is 0.497 e. The first kappa shape index (κ1) is 19.8. The minimum Gasteiger partial charge on any atom is -0.497 e. The van der Waals surface area contributed by atoms with Gasteiger partial charge in [-0.15, -0.1) is 0 Å². The van der Waals surface area contributed by atoms with E-state index in [0.717, 1.165) is 31.9 Å². The van der Waals surface area contributed by atoms with Gasteiger partial charge in [-0.1, -0.05) is 23.2 Å². The van der Waals surface area contributed by atoms with Crippen molar-refractivity contribution in [1.82, 2.24) is 4.90 Å². The van der Waals surface area contributed by atoms with Crippen LogP contribution in [-0.2, 0) is 4.79 Å². The van der Waals surface area contributed by atoms with Crippen LogP contribution >= 0.6 is 23.2 Å². The molecule has 1 fully saturated rings. The van der Waals surface area contributed by atoms with E-state index in [2.05, 4.69) is 27.2 Å². The van der Waals surface area contributed by atoms with Gasteiger partial charge in [-0.25, -0.2) is 0 Å². The van der Waals surface area contributed by atoms with Crippen LogP contribution in [0.4, 0.5) is 11.4 Å². The molecule has 7 heteroatoms. The highest BCUT2D eigenvalue weighted by Crippen LogP contribution is 2.26. The Balaban J connectivity index is 1.55. The van der Waals surface area contributed by atoms with E-state index in [4.69, 9.17) is 27.9 Å². The zero-order valence-electron chi connectivity index (χ0n) is 15.4. The molecule has 0 aromatic heterocycles. The summed E-state index contributed by atoms with van der Waals surface area (Å²) in [5, 5.41) is 3.87. The van der Waals surface area contributed by atoms with Crippen molar-refractivity contribution in [2.75, 3.05) is 43.5 Å². The van der Waals surface area contributed by atoms with Crippen molar-refractivity contribution in [1.29, 1.82) is 0 Å². The van der Waals surface area contributed by atoms with E-state index in [0.29, 0.717) is 15.7 Å². The lowest BCUT2D eigenvalue weighted by Crippen LogP contribution is -2.52. The number of anilines is 2. The number of carbonyl (C=O) groups excluding carboxylic acids is 1. The van der Waals surface area contributed by atoms with Gasteiger partial charge in [0.25, 0.3) is 0 Å². The van der Waals surface area contributed by atoms with Crippen LogP contribution in [0, 0.1) is 0 Å². The second kappa shape index (κ2) is 8.83. The molecule has 1 atom stereocenters. The zero-order valence-corrected chi connectivity index (χ0v) is 16.9. The van der Waals surface area contributed by atoms with Crippen LogP contribution in [0.5, 0.6) is 5.75 Å². The van der Waals surface area contributed by atoms with Crippen LogP contribution in [0.25, 0.3) is 0 Å². The van der Waals surface area contributed by atoms with E-state index in [1.807, 2.05) is 19.1 Å². The molecular formula is C20H23Cl2N3O2. The molecule has 27 heavy (non-hydrogen) atoms. The van der Waals surface area contributed by atoms with Gasteiger partial charge in [0.2, 0.25) is 5.91 Å². The number of nitrogens with zero attached hydrogens (tertiary/aromatic N) is 2. The van der Waals surface area contributed by atoms with E-state index < -0.39 is 0 Å². The van der Waals surface area contributed by atoms with Gasteiger partial charge in [-0.2, -0.15) is 0 Å². The number of halogens is 2. The molecule has 3 rings (SSSR count). The molecule has 1 heterocycles. The minimum absolute atomic E-state index is 0.0721. The monoisotopic (exact) mass is 407 g/mol. The van der Waals surface area contributed by atoms with Crippen LogP contribution in [0.2, 0.25) is 10.0 Å². The van der Waals surface area contributed by atoms with E-state index in [1.54, 1.807) is 25.3 Å². The van der Waals surface area contributed by atoms with Gasteiger partial charge in [0.1, 0.15) is 5.75 Å². The van der Waals surface area contributed by atoms with Crippen molar-refractivity contribution in [2.45, 2.75) is 13.0 Å². The molecule has 0 saturated carbocycles. The van der Waals surface area contributed by atoms with Gasteiger partial charge in [0, 0.05) is 36.9 Å². The fourth-order valence-electron chi connectivity index (χ4n) is 3.15.